The highest BCUT2D eigenvalue weighted by Crippen LogP contribution is 2.49. The summed E-state index contributed by atoms with van der Waals surface area (Å²) in [6.07, 6.45) is 5.37. The molecular weight excluding hydrogens is 317 g/mol. The lowest BCUT2D eigenvalue weighted by Crippen LogP contribution is -2.31. The van der Waals surface area contributed by atoms with Crippen LogP contribution >= 0.6 is 7.52 Å². The number of rotatable bonds is 8. The minimum Gasteiger partial charge on any atom is -0.478 e. The van der Waals surface area contributed by atoms with Gasteiger partial charge in [0.2, 0.25) is 0 Å². The Labute approximate surface area is 136 Å². The summed E-state index contributed by atoms with van der Waals surface area (Å²) in [5, 5.41) is 11.5. The number of carboxylic acids is 1. The lowest BCUT2D eigenvalue weighted by Gasteiger charge is -2.29. The van der Waals surface area contributed by atoms with E-state index >= 15 is 0 Å². The van der Waals surface area contributed by atoms with Crippen molar-refractivity contribution in [2.45, 2.75) is 39.4 Å². The maximum Gasteiger partial charge on any atom is 0.367 e. The molecule has 0 bridgehead atoms. The van der Waals surface area contributed by atoms with E-state index in [1.165, 1.54) is 24.3 Å². The van der Waals surface area contributed by atoms with E-state index in [1.807, 2.05) is 13.8 Å². The summed E-state index contributed by atoms with van der Waals surface area (Å²) >= 11 is 0. The lowest BCUT2D eigenvalue weighted by atomic mass is 10.2. The summed E-state index contributed by atoms with van der Waals surface area (Å²) in [4.78, 5) is 10.8. The molecule has 0 fully saturated rings. The van der Waals surface area contributed by atoms with Crippen LogP contribution in [0.5, 0.6) is 0 Å². The van der Waals surface area contributed by atoms with Gasteiger partial charge < -0.3 is 14.9 Å². The zero-order valence-electron chi connectivity index (χ0n) is 13.7. The van der Waals surface area contributed by atoms with Crippen molar-refractivity contribution in [1.82, 2.24) is 0 Å². The molecule has 6 nitrogen and oxygen atoms in total. The second kappa shape index (κ2) is 7.65. The molecule has 1 aromatic rings. The third kappa shape index (κ3) is 6.45. The van der Waals surface area contributed by atoms with Crippen LogP contribution < -0.4 is 5.09 Å². The molecule has 0 aliphatic heterocycles. The molecule has 2 N–H and O–H groups in total. The third-order valence-electron chi connectivity index (χ3n) is 2.72. The van der Waals surface area contributed by atoms with Crippen LogP contribution in [0.15, 0.2) is 24.3 Å². The van der Waals surface area contributed by atoms with Gasteiger partial charge in [0.25, 0.3) is 0 Å². The standard InChI is InChI=1S/C16H22NO5P/c1-6-23(20,22-16(4,5)11-21-12(2)3)17-14-9-7-13(8-10-14)15(18)19/h1,7-10,12H,11H2,2-5H3,(H,17,20)(H,18,19). The summed E-state index contributed by atoms with van der Waals surface area (Å²) in [6, 6.07) is 5.74. The first-order valence-electron chi connectivity index (χ1n) is 7.09. The second-order valence-electron chi connectivity index (χ2n) is 5.89. The number of terminal acetylenes is 1. The molecule has 0 spiro atoms. The number of aromatic carboxylic acids is 1. The molecule has 0 saturated carbocycles. The molecule has 0 aliphatic rings. The fourth-order valence-corrected chi connectivity index (χ4v) is 3.08. The van der Waals surface area contributed by atoms with Gasteiger partial charge in [0.1, 0.15) is 0 Å². The van der Waals surface area contributed by atoms with Crippen molar-refractivity contribution in [2.75, 3.05) is 11.7 Å². The lowest BCUT2D eigenvalue weighted by molar-refractivity contribution is -0.0250. The smallest absolute Gasteiger partial charge is 0.367 e. The Bertz CT molecular complexity index is 631. The van der Waals surface area contributed by atoms with E-state index in [-0.39, 0.29) is 18.3 Å². The van der Waals surface area contributed by atoms with Gasteiger partial charge in [-0.25, -0.2) is 4.79 Å². The van der Waals surface area contributed by atoms with Gasteiger partial charge in [-0.15, -0.1) is 6.42 Å². The number of carboxylic acid groups (broad SMARTS) is 1. The van der Waals surface area contributed by atoms with Crippen molar-refractivity contribution in [3.8, 4) is 12.1 Å². The van der Waals surface area contributed by atoms with E-state index in [4.69, 9.17) is 20.8 Å². The number of benzene rings is 1. The van der Waals surface area contributed by atoms with Crippen LogP contribution in [0.2, 0.25) is 0 Å². The molecule has 0 saturated heterocycles. The molecule has 7 heteroatoms. The van der Waals surface area contributed by atoms with Gasteiger partial charge in [0.05, 0.1) is 23.9 Å². The molecule has 0 amide bonds. The van der Waals surface area contributed by atoms with E-state index in [0.717, 1.165) is 0 Å². The van der Waals surface area contributed by atoms with E-state index in [1.54, 1.807) is 13.8 Å². The number of hydrogen-bond acceptors (Lipinski definition) is 4. The van der Waals surface area contributed by atoms with Gasteiger partial charge in [-0.2, -0.15) is 0 Å². The van der Waals surface area contributed by atoms with E-state index in [0.29, 0.717) is 5.69 Å². The Morgan fingerprint density at radius 1 is 1.39 bits per heavy atom. The minimum absolute atomic E-state index is 0.0135. The van der Waals surface area contributed by atoms with Gasteiger partial charge in [0, 0.05) is 11.3 Å². The molecule has 0 heterocycles. The van der Waals surface area contributed by atoms with Crippen LogP contribution in [-0.2, 0) is 13.8 Å². The maximum atomic E-state index is 12.7. The summed E-state index contributed by atoms with van der Waals surface area (Å²) in [5.74, 6) is -1.04. The maximum absolute atomic E-state index is 12.7. The summed E-state index contributed by atoms with van der Waals surface area (Å²) in [5.41, 5.74) is 1.85. The van der Waals surface area contributed by atoms with E-state index in [2.05, 4.69) is 10.7 Å². The number of nitrogens with one attached hydrogen (secondary N) is 1. The molecule has 1 atom stereocenters. The number of anilines is 1. The third-order valence-corrected chi connectivity index (χ3v) is 4.36. The molecule has 0 aromatic heterocycles. The molecule has 0 radical (unpaired) electrons. The average Bonchev–Trinajstić information content (AvgIpc) is 2.45. The van der Waals surface area contributed by atoms with Crippen molar-refractivity contribution in [1.29, 1.82) is 0 Å². The fraction of sp³-hybridized carbons (Fsp3) is 0.438. The molecule has 1 unspecified atom stereocenters. The van der Waals surface area contributed by atoms with Crippen LogP contribution in [0, 0.1) is 12.1 Å². The quantitative estimate of drug-likeness (QED) is 0.553. The van der Waals surface area contributed by atoms with Crippen LogP contribution in [0.4, 0.5) is 5.69 Å². The van der Waals surface area contributed by atoms with Crippen LogP contribution in [0.3, 0.4) is 0 Å². The van der Waals surface area contributed by atoms with Crippen LogP contribution in [-0.4, -0.2) is 29.4 Å². The summed E-state index contributed by atoms with van der Waals surface area (Å²) in [6.45, 7) is 7.47. The number of carbonyl (C=O) groups is 1. The average molecular weight is 339 g/mol. The first kappa shape index (κ1) is 19.2. The van der Waals surface area contributed by atoms with Crippen molar-refractivity contribution >= 4 is 19.2 Å². The largest absolute Gasteiger partial charge is 0.478 e. The molecule has 1 aromatic carbocycles. The van der Waals surface area contributed by atoms with Crippen molar-refractivity contribution < 1.29 is 23.7 Å². The molecule has 1 rings (SSSR count). The zero-order chi connectivity index (χ0) is 17.7. The number of ether oxygens (including phenoxy) is 1. The van der Waals surface area contributed by atoms with Crippen molar-refractivity contribution in [2.24, 2.45) is 0 Å². The SMILES string of the molecule is C#CP(=O)(Nc1ccc(C(=O)O)cc1)OC(C)(C)COC(C)C. The predicted octanol–water partition coefficient (Wildman–Crippen LogP) is 3.80. The Kier molecular flexibility index (Phi) is 6.40. The van der Waals surface area contributed by atoms with Crippen LogP contribution in [0.1, 0.15) is 38.1 Å². The highest BCUT2D eigenvalue weighted by atomic mass is 31.2. The predicted molar refractivity (Wildman–Crippen MR) is 89.7 cm³/mol. The topological polar surface area (TPSA) is 84.9 Å². The van der Waals surface area contributed by atoms with E-state index < -0.39 is 19.1 Å². The van der Waals surface area contributed by atoms with E-state index in [9.17, 15) is 9.36 Å². The molecule has 126 valence electrons. The Hall–Kier alpha value is -1.80. The Balaban J connectivity index is 2.83. The van der Waals surface area contributed by atoms with Crippen molar-refractivity contribution in [3.63, 3.8) is 0 Å². The molecular formula is C16H22NO5P. The Morgan fingerprint density at radius 2 is 1.96 bits per heavy atom. The molecule has 0 aliphatic carbocycles. The normalized spacial score (nSPS) is 14.1. The monoisotopic (exact) mass is 339 g/mol. The van der Waals surface area contributed by atoms with Gasteiger partial charge in [0.15, 0.2) is 0 Å². The van der Waals surface area contributed by atoms with Gasteiger partial charge in [-0.3, -0.25) is 9.09 Å². The highest BCUT2D eigenvalue weighted by molar-refractivity contribution is 7.65. The summed E-state index contributed by atoms with van der Waals surface area (Å²) < 4.78 is 23.7. The second-order valence-corrected chi connectivity index (χ2v) is 7.65. The van der Waals surface area contributed by atoms with Gasteiger partial charge in [-0.05, 0) is 52.0 Å². The fourth-order valence-electron chi connectivity index (χ4n) is 1.68. The Morgan fingerprint density at radius 3 is 2.39 bits per heavy atom. The van der Waals surface area contributed by atoms with Crippen molar-refractivity contribution in [3.05, 3.63) is 29.8 Å². The van der Waals surface area contributed by atoms with Gasteiger partial charge >= 0.3 is 13.5 Å². The minimum atomic E-state index is -3.59. The van der Waals surface area contributed by atoms with Crippen LogP contribution in [0.25, 0.3) is 0 Å². The molecule has 23 heavy (non-hydrogen) atoms. The van der Waals surface area contributed by atoms with Gasteiger partial charge in [-0.1, -0.05) is 0 Å². The summed E-state index contributed by atoms with van der Waals surface area (Å²) in [7, 11) is -3.59. The number of hydrogen-bond donors (Lipinski definition) is 2. The first-order valence-corrected chi connectivity index (χ1v) is 8.71. The first-order chi connectivity index (χ1) is 10.6. The zero-order valence-corrected chi connectivity index (χ0v) is 14.6. The highest BCUT2D eigenvalue weighted by Gasteiger charge is 2.31.